The van der Waals surface area contributed by atoms with Gasteiger partial charge in [-0.1, -0.05) is 31.5 Å². The van der Waals surface area contributed by atoms with Crippen molar-refractivity contribution in [2.45, 2.75) is 43.0 Å². The fourth-order valence-corrected chi connectivity index (χ4v) is 3.13. The standard InChI is InChI=1S/C9H15N3S/c1-7-3-2-4-8(5-7)13-9-10-6-11-12-9/h6-8H,2-5H2,1H3,(H,10,11,12). The van der Waals surface area contributed by atoms with E-state index in [1.807, 2.05) is 11.8 Å². The molecule has 2 unspecified atom stereocenters. The average Bonchev–Trinajstić information content (AvgIpc) is 2.57. The molecule has 1 saturated carbocycles. The van der Waals surface area contributed by atoms with Crippen molar-refractivity contribution in [3.63, 3.8) is 0 Å². The maximum Gasteiger partial charge on any atom is 0.183 e. The average molecular weight is 197 g/mol. The molecule has 0 aromatic carbocycles. The number of nitrogens with zero attached hydrogens (tertiary/aromatic N) is 2. The molecule has 2 atom stereocenters. The summed E-state index contributed by atoms with van der Waals surface area (Å²) in [6.45, 7) is 2.34. The predicted octanol–water partition coefficient (Wildman–Crippen LogP) is 2.48. The van der Waals surface area contributed by atoms with E-state index in [0.29, 0.717) is 0 Å². The van der Waals surface area contributed by atoms with Gasteiger partial charge in [0.15, 0.2) is 5.16 Å². The zero-order valence-electron chi connectivity index (χ0n) is 7.86. The first-order valence-electron chi connectivity index (χ1n) is 4.86. The van der Waals surface area contributed by atoms with Gasteiger partial charge in [0.2, 0.25) is 0 Å². The predicted molar refractivity (Wildman–Crippen MR) is 53.7 cm³/mol. The van der Waals surface area contributed by atoms with Crippen molar-refractivity contribution < 1.29 is 0 Å². The van der Waals surface area contributed by atoms with Crippen LogP contribution in [0.5, 0.6) is 0 Å². The van der Waals surface area contributed by atoms with Crippen LogP contribution < -0.4 is 0 Å². The topological polar surface area (TPSA) is 41.6 Å². The van der Waals surface area contributed by atoms with Gasteiger partial charge in [0.1, 0.15) is 6.33 Å². The molecule has 1 fully saturated rings. The Balaban J connectivity index is 1.87. The molecule has 0 saturated heterocycles. The second-order valence-electron chi connectivity index (χ2n) is 3.80. The van der Waals surface area contributed by atoms with Crippen molar-refractivity contribution in [2.75, 3.05) is 0 Å². The highest BCUT2D eigenvalue weighted by Crippen LogP contribution is 2.34. The lowest BCUT2D eigenvalue weighted by atomic mass is 9.91. The van der Waals surface area contributed by atoms with E-state index in [0.717, 1.165) is 16.3 Å². The van der Waals surface area contributed by atoms with Gasteiger partial charge in [-0.2, -0.15) is 5.10 Å². The van der Waals surface area contributed by atoms with Crippen LogP contribution in [0.3, 0.4) is 0 Å². The van der Waals surface area contributed by atoms with Gasteiger partial charge in [-0.3, -0.25) is 5.10 Å². The van der Waals surface area contributed by atoms with Crippen molar-refractivity contribution >= 4 is 11.8 Å². The quantitative estimate of drug-likeness (QED) is 0.792. The van der Waals surface area contributed by atoms with Crippen LogP contribution in [0, 0.1) is 5.92 Å². The summed E-state index contributed by atoms with van der Waals surface area (Å²) in [6.07, 6.45) is 7.00. The van der Waals surface area contributed by atoms with Crippen LogP contribution in [-0.2, 0) is 0 Å². The molecule has 0 bridgehead atoms. The minimum atomic E-state index is 0.747. The summed E-state index contributed by atoms with van der Waals surface area (Å²) in [5.74, 6) is 0.883. The number of aromatic nitrogens is 3. The molecule has 1 aromatic heterocycles. The number of thioether (sulfide) groups is 1. The Morgan fingerprint density at radius 3 is 3.15 bits per heavy atom. The van der Waals surface area contributed by atoms with Crippen LogP contribution in [0.1, 0.15) is 32.6 Å². The second kappa shape index (κ2) is 4.13. The molecule has 1 N–H and O–H groups in total. The van der Waals surface area contributed by atoms with Gasteiger partial charge < -0.3 is 0 Å². The molecule has 1 heterocycles. The zero-order valence-corrected chi connectivity index (χ0v) is 8.68. The number of hydrogen-bond acceptors (Lipinski definition) is 3. The van der Waals surface area contributed by atoms with E-state index in [2.05, 4.69) is 22.1 Å². The molecule has 4 heteroatoms. The van der Waals surface area contributed by atoms with Crippen LogP contribution in [0.4, 0.5) is 0 Å². The first-order chi connectivity index (χ1) is 6.34. The summed E-state index contributed by atoms with van der Waals surface area (Å²) in [7, 11) is 0. The van der Waals surface area contributed by atoms with E-state index >= 15 is 0 Å². The molecule has 0 spiro atoms. The molecule has 0 amide bonds. The van der Waals surface area contributed by atoms with Gasteiger partial charge in [-0.05, 0) is 18.8 Å². The number of nitrogens with one attached hydrogen (secondary N) is 1. The number of H-pyrrole nitrogens is 1. The van der Waals surface area contributed by atoms with Gasteiger partial charge in [0, 0.05) is 5.25 Å². The van der Waals surface area contributed by atoms with E-state index in [1.165, 1.54) is 25.7 Å². The summed E-state index contributed by atoms with van der Waals surface area (Å²) in [5, 5.41) is 8.47. The minimum absolute atomic E-state index is 0.747. The van der Waals surface area contributed by atoms with Crippen molar-refractivity contribution in [1.29, 1.82) is 0 Å². The molecule has 0 aliphatic heterocycles. The van der Waals surface area contributed by atoms with E-state index < -0.39 is 0 Å². The summed E-state index contributed by atoms with van der Waals surface area (Å²) < 4.78 is 0. The van der Waals surface area contributed by atoms with Gasteiger partial charge in [-0.15, -0.1) is 0 Å². The maximum absolute atomic E-state index is 4.13. The molecule has 1 aliphatic carbocycles. The van der Waals surface area contributed by atoms with Crippen LogP contribution in [0.2, 0.25) is 0 Å². The molecular weight excluding hydrogens is 182 g/mol. The third-order valence-corrected chi connectivity index (χ3v) is 3.74. The Hall–Kier alpha value is -0.510. The smallest absolute Gasteiger partial charge is 0.183 e. The highest BCUT2D eigenvalue weighted by Gasteiger charge is 2.20. The zero-order chi connectivity index (χ0) is 9.10. The van der Waals surface area contributed by atoms with Crippen LogP contribution in [0.15, 0.2) is 11.5 Å². The number of hydrogen-bond donors (Lipinski definition) is 1. The molecule has 2 rings (SSSR count). The monoisotopic (exact) mass is 197 g/mol. The van der Waals surface area contributed by atoms with Gasteiger partial charge in [0.25, 0.3) is 0 Å². The molecule has 0 radical (unpaired) electrons. The van der Waals surface area contributed by atoms with E-state index in [9.17, 15) is 0 Å². The van der Waals surface area contributed by atoms with E-state index in [-0.39, 0.29) is 0 Å². The molecular formula is C9H15N3S. The first-order valence-corrected chi connectivity index (χ1v) is 5.74. The van der Waals surface area contributed by atoms with Crippen LogP contribution in [0.25, 0.3) is 0 Å². The highest BCUT2D eigenvalue weighted by atomic mass is 32.2. The van der Waals surface area contributed by atoms with Crippen molar-refractivity contribution in [3.8, 4) is 0 Å². The summed E-state index contributed by atoms with van der Waals surface area (Å²) >= 11 is 1.85. The van der Waals surface area contributed by atoms with Gasteiger partial charge in [-0.25, -0.2) is 4.98 Å². The van der Waals surface area contributed by atoms with Crippen molar-refractivity contribution in [1.82, 2.24) is 15.2 Å². The molecule has 1 aliphatic rings. The minimum Gasteiger partial charge on any atom is -0.254 e. The lowest BCUT2D eigenvalue weighted by Crippen LogP contribution is -2.15. The number of aromatic amines is 1. The van der Waals surface area contributed by atoms with E-state index in [1.54, 1.807) is 6.33 Å². The number of rotatable bonds is 2. The second-order valence-corrected chi connectivity index (χ2v) is 5.09. The first kappa shape index (κ1) is 9.06. The van der Waals surface area contributed by atoms with Gasteiger partial charge >= 0.3 is 0 Å². The summed E-state index contributed by atoms with van der Waals surface area (Å²) in [4.78, 5) is 4.13. The third kappa shape index (κ3) is 2.46. The summed E-state index contributed by atoms with van der Waals surface area (Å²) in [6, 6.07) is 0. The van der Waals surface area contributed by atoms with Crippen molar-refractivity contribution in [2.24, 2.45) is 5.92 Å². The Labute approximate surface area is 82.7 Å². The fourth-order valence-electron chi connectivity index (χ4n) is 1.89. The van der Waals surface area contributed by atoms with Crippen molar-refractivity contribution in [3.05, 3.63) is 6.33 Å². The fraction of sp³-hybridized carbons (Fsp3) is 0.778. The van der Waals surface area contributed by atoms with Gasteiger partial charge in [0.05, 0.1) is 0 Å². The Morgan fingerprint density at radius 2 is 2.46 bits per heavy atom. The Morgan fingerprint density at radius 1 is 1.54 bits per heavy atom. The largest absolute Gasteiger partial charge is 0.254 e. The Bertz CT molecular complexity index is 247. The SMILES string of the molecule is CC1CCCC(Sc2ncn[nH]2)C1. The Kier molecular flexibility index (Phi) is 2.88. The van der Waals surface area contributed by atoms with Crippen LogP contribution >= 0.6 is 11.8 Å². The molecule has 72 valence electrons. The molecule has 1 aromatic rings. The maximum atomic E-state index is 4.13. The third-order valence-electron chi connectivity index (χ3n) is 2.56. The van der Waals surface area contributed by atoms with Crippen LogP contribution in [-0.4, -0.2) is 20.4 Å². The summed E-state index contributed by atoms with van der Waals surface area (Å²) in [5.41, 5.74) is 0. The lowest BCUT2D eigenvalue weighted by Gasteiger charge is -2.25. The van der Waals surface area contributed by atoms with E-state index in [4.69, 9.17) is 0 Å². The lowest BCUT2D eigenvalue weighted by molar-refractivity contribution is 0.394. The highest BCUT2D eigenvalue weighted by molar-refractivity contribution is 7.99. The molecule has 13 heavy (non-hydrogen) atoms. The normalized spacial score (nSPS) is 29.0. The molecule has 3 nitrogen and oxygen atoms in total.